The molecule has 0 fully saturated rings. The highest BCUT2D eigenvalue weighted by molar-refractivity contribution is 7.83. The van der Waals surface area contributed by atoms with Gasteiger partial charge < -0.3 is 10.6 Å². The fraction of sp³-hybridized carbons (Fsp3) is 0.0714. The van der Waals surface area contributed by atoms with Gasteiger partial charge in [-0.2, -0.15) is 0 Å². The van der Waals surface area contributed by atoms with Crippen molar-refractivity contribution in [3.63, 3.8) is 0 Å². The van der Waals surface area contributed by atoms with Gasteiger partial charge in [0.1, 0.15) is 16.8 Å². The fourth-order valence-electron chi connectivity index (χ4n) is 2.13. The Morgan fingerprint density at radius 1 is 1.04 bits per heavy atom. The predicted molar refractivity (Wildman–Crippen MR) is 78.7 cm³/mol. The third kappa shape index (κ3) is 2.97. The van der Waals surface area contributed by atoms with Crippen LogP contribution in [0, 0.1) is 23.3 Å². The third-order valence-electron chi connectivity index (χ3n) is 3.23. The molecule has 0 saturated heterocycles. The van der Waals surface area contributed by atoms with Crippen LogP contribution in [0.3, 0.4) is 0 Å². The van der Waals surface area contributed by atoms with Crippen molar-refractivity contribution in [3.8, 4) is 0 Å². The van der Waals surface area contributed by atoms with Crippen molar-refractivity contribution in [2.24, 2.45) is 0 Å². The monoisotopic (exact) mass is 359 g/mol. The molecule has 0 aliphatic carbocycles. The molecule has 3 N–H and O–H groups in total. The maximum atomic E-state index is 14.0. The number of carbonyl (C=O) groups excluding carboxylic acids is 1. The van der Waals surface area contributed by atoms with Crippen molar-refractivity contribution in [2.45, 2.75) is 4.90 Å². The molecule has 24 heavy (non-hydrogen) atoms. The number of amides is 1. The lowest BCUT2D eigenvalue weighted by molar-refractivity contribution is 0.102. The smallest absolute Gasteiger partial charge is 0.255 e. The summed E-state index contributed by atoms with van der Waals surface area (Å²) in [6.07, 6.45) is 0. The molecule has 0 spiro atoms. The molecule has 1 aliphatic heterocycles. The molecule has 2 aromatic rings. The first-order chi connectivity index (χ1) is 11.4. The molecule has 1 atom stereocenters. The summed E-state index contributed by atoms with van der Waals surface area (Å²) in [7, 11) is -1.71. The molecule has 10 heteroatoms. The second-order valence-electron chi connectivity index (χ2n) is 4.81. The maximum absolute atomic E-state index is 14.0. The van der Waals surface area contributed by atoms with Crippen molar-refractivity contribution in [1.82, 2.24) is 4.72 Å². The summed E-state index contributed by atoms with van der Waals surface area (Å²) >= 11 is 0. The molecule has 0 radical (unpaired) electrons. The standard InChI is InChI=1S/C14H9F4N3O2S/c15-8-3-7(4-9(16)12(8)18)21-14(22)6-1-10(17)13-11(2-6)24(23)20-5-19-13/h1-4,19-20H,5H2,(H,21,22). The molecule has 0 saturated carbocycles. The summed E-state index contributed by atoms with van der Waals surface area (Å²) in [5, 5.41) is 4.77. The van der Waals surface area contributed by atoms with Gasteiger partial charge in [-0.3, -0.25) is 4.79 Å². The van der Waals surface area contributed by atoms with Crippen LogP contribution in [0.15, 0.2) is 29.2 Å². The van der Waals surface area contributed by atoms with Gasteiger partial charge >= 0.3 is 0 Å². The lowest BCUT2D eigenvalue weighted by atomic mass is 10.1. The van der Waals surface area contributed by atoms with Gasteiger partial charge in [-0.1, -0.05) is 0 Å². The van der Waals surface area contributed by atoms with Crippen LogP contribution in [0.25, 0.3) is 0 Å². The lowest BCUT2D eigenvalue weighted by Crippen LogP contribution is -2.31. The maximum Gasteiger partial charge on any atom is 0.255 e. The fourth-order valence-corrected chi connectivity index (χ4v) is 3.08. The van der Waals surface area contributed by atoms with Crippen LogP contribution in [0.1, 0.15) is 10.4 Å². The molecule has 0 bridgehead atoms. The predicted octanol–water partition coefficient (Wildman–Crippen LogP) is 2.49. The van der Waals surface area contributed by atoms with E-state index in [1.165, 1.54) is 6.07 Å². The largest absolute Gasteiger partial charge is 0.368 e. The summed E-state index contributed by atoms with van der Waals surface area (Å²) in [6, 6.07) is 3.25. The normalized spacial score (nSPS) is 16.2. The van der Waals surface area contributed by atoms with Gasteiger partial charge in [-0.05, 0) is 12.1 Å². The number of anilines is 2. The first-order valence-electron chi connectivity index (χ1n) is 6.55. The molecular formula is C14H9F4N3O2S. The molecule has 1 aliphatic rings. The Bertz CT molecular complexity index is 852. The van der Waals surface area contributed by atoms with E-state index in [9.17, 15) is 26.6 Å². The Morgan fingerprint density at radius 3 is 2.38 bits per heavy atom. The van der Waals surface area contributed by atoms with Crippen LogP contribution >= 0.6 is 0 Å². The van der Waals surface area contributed by atoms with Gasteiger partial charge in [-0.15, -0.1) is 0 Å². The van der Waals surface area contributed by atoms with Crippen molar-refractivity contribution < 1.29 is 26.6 Å². The second-order valence-corrected chi connectivity index (χ2v) is 6.07. The Kier molecular flexibility index (Phi) is 4.24. The average molecular weight is 359 g/mol. The van der Waals surface area contributed by atoms with E-state index in [-0.39, 0.29) is 28.5 Å². The van der Waals surface area contributed by atoms with E-state index in [0.717, 1.165) is 6.07 Å². The number of benzene rings is 2. The first-order valence-corrected chi connectivity index (χ1v) is 7.70. The van der Waals surface area contributed by atoms with Gasteiger partial charge in [0.15, 0.2) is 17.5 Å². The number of hydrogen-bond donors (Lipinski definition) is 3. The van der Waals surface area contributed by atoms with E-state index in [4.69, 9.17) is 0 Å². The van der Waals surface area contributed by atoms with Gasteiger partial charge in [-0.25, -0.2) is 26.5 Å². The van der Waals surface area contributed by atoms with E-state index in [2.05, 4.69) is 15.4 Å². The molecule has 2 aromatic carbocycles. The van der Waals surface area contributed by atoms with Crippen LogP contribution in [-0.2, 0) is 11.0 Å². The van der Waals surface area contributed by atoms with Crippen LogP contribution in [0.2, 0.25) is 0 Å². The summed E-state index contributed by atoms with van der Waals surface area (Å²) in [4.78, 5) is 12.1. The molecule has 1 heterocycles. The Hall–Kier alpha value is -2.46. The van der Waals surface area contributed by atoms with E-state index in [1.807, 2.05) is 0 Å². The molecule has 5 nitrogen and oxygen atoms in total. The van der Waals surface area contributed by atoms with Crippen LogP contribution in [0.4, 0.5) is 28.9 Å². The van der Waals surface area contributed by atoms with Crippen molar-refractivity contribution in [3.05, 3.63) is 53.1 Å². The Labute approximate surface area is 135 Å². The number of hydrogen-bond acceptors (Lipinski definition) is 3. The SMILES string of the molecule is O=C(Nc1cc(F)c(F)c(F)c1)c1cc(F)c2c(c1)S(=O)NCN2. The zero-order valence-corrected chi connectivity index (χ0v) is 12.6. The van der Waals surface area contributed by atoms with Gasteiger partial charge in [0.2, 0.25) is 0 Å². The van der Waals surface area contributed by atoms with E-state index >= 15 is 0 Å². The second kappa shape index (κ2) is 6.21. The van der Waals surface area contributed by atoms with Crippen molar-refractivity contribution >= 4 is 28.3 Å². The first kappa shape index (κ1) is 16.4. The highest BCUT2D eigenvalue weighted by Gasteiger charge is 2.22. The van der Waals surface area contributed by atoms with Gasteiger partial charge in [0.25, 0.3) is 5.91 Å². The Morgan fingerprint density at radius 2 is 1.71 bits per heavy atom. The van der Waals surface area contributed by atoms with Gasteiger partial charge in [0, 0.05) is 23.4 Å². The quantitative estimate of drug-likeness (QED) is 0.570. The molecule has 1 amide bonds. The van der Waals surface area contributed by atoms with E-state index < -0.39 is 40.2 Å². The summed E-state index contributed by atoms with van der Waals surface area (Å²) in [5.74, 6) is -6.32. The summed E-state index contributed by atoms with van der Waals surface area (Å²) in [5.41, 5.74) is -0.551. The van der Waals surface area contributed by atoms with Crippen molar-refractivity contribution in [2.75, 3.05) is 17.3 Å². The zero-order chi connectivity index (χ0) is 17.4. The molecular weight excluding hydrogens is 350 g/mol. The number of rotatable bonds is 2. The van der Waals surface area contributed by atoms with Crippen LogP contribution in [-0.4, -0.2) is 16.8 Å². The number of carbonyl (C=O) groups is 1. The molecule has 3 rings (SSSR count). The minimum absolute atomic E-state index is 0.00232. The van der Waals surface area contributed by atoms with Crippen LogP contribution < -0.4 is 15.4 Å². The minimum atomic E-state index is -1.71. The number of halogens is 4. The summed E-state index contributed by atoms with van der Waals surface area (Å²) in [6.45, 7) is 0.0935. The minimum Gasteiger partial charge on any atom is -0.368 e. The van der Waals surface area contributed by atoms with Crippen LogP contribution in [0.5, 0.6) is 0 Å². The average Bonchev–Trinajstić information content (AvgIpc) is 2.53. The van der Waals surface area contributed by atoms with Crippen molar-refractivity contribution in [1.29, 1.82) is 0 Å². The topological polar surface area (TPSA) is 70.2 Å². The Balaban J connectivity index is 1.92. The van der Waals surface area contributed by atoms with E-state index in [1.54, 1.807) is 0 Å². The van der Waals surface area contributed by atoms with Gasteiger partial charge in [0.05, 0.1) is 17.3 Å². The highest BCUT2D eigenvalue weighted by Crippen LogP contribution is 2.27. The third-order valence-corrected chi connectivity index (χ3v) is 4.35. The number of fused-ring (bicyclic) bond motifs is 1. The zero-order valence-electron chi connectivity index (χ0n) is 11.8. The molecule has 0 aromatic heterocycles. The highest BCUT2D eigenvalue weighted by atomic mass is 32.2. The lowest BCUT2D eigenvalue weighted by Gasteiger charge is -2.19. The molecule has 126 valence electrons. The van der Waals surface area contributed by atoms with E-state index in [0.29, 0.717) is 12.1 Å². The number of nitrogens with one attached hydrogen (secondary N) is 3. The molecule has 1 unspecified atom stereocenters. The summed E-state index contributed by atoms with van der Waals surface area (Å²) < 4.78 is 67.6.